The summed E-state index contributed by atoms with van der Waals surface area (Å²) in [5.74, 6) is 0.747. The first-order valence-corrected chi connectivity index (χ1v) is 7.30. The molecule has 110 valence electrons. The molecule has 4 nitrogen and oxygen atoms in total. The first kappa shape index (κ1) is 14.9. The molecule has 1 saturated carbocycles. The zero-order valence-corrected chi connectivity index (χ0v) is 11.9. The standard InChI is InChI=1S/C16H23NO3/c1-11-8-14(19)6-7-15(11)16(20)17-9-12-4-2-3-5-13(12)10-18/h6-8,12-13,18-19H,2-5,9-10H2,1H3,(H,17,20). The Kier molecular flexibility index (Phi) is 5.01. The molecule has 0 spiro atoms. The molecule has 1 fully saturated rings. The zero-order chi connectivity index (χ0) is 14.5. The van der Waals surface area contributed by atoms with Gasteiger partial charge in [0.2, 0.25) is 0 Å². The number of aromatic hydroxyl groups is 1. The lowest BCUT2D eigenvalue weighted by molar-refractivity contribution is 0.0908. The highest BCUT2D eigenvalue weighted by molar-refractivity contribution is 5.95. The Hall–Kier alpha value is -1.55. The minimum Gasteiger partial charge on any atom is -0.508 e. The highest BCUT2D eigenvalue weighted by Crippen LogP contribution is 2.29. The van der Waals surface area contributed by atoms with Crippen molar-refractivity contribution < 1.29 is 15.0 Å². The predicted molar refractivity (Wildman–Crippen MR) is 77.7 cm³/mol. The van der Waals surface area contributed by atoms with Gasteiger partial charge in [-0.25, -0.2) is 0 Å². The second-order valence-electron chi connectivity index (χ2n) is 5.70. The summed E-state index contributed by atoms with van der Waals surface area (Å²) in [5, 5.41) is 21.7. The fourth-order valence-electron chi connectivity index (χ4n) is 3.02. The van der Waals surface area contributed by atoms with Crippen LogP contribution in [0.15, 0.2) is 18.2 Å². The summed E-state index contributed by atoms with van der Waals surface area (Å²) in [5.41, 5.74) is 1.36. The van der Waals surface area contributed by atoms with Crippen molar-refractivity contribution in [3.05, 3.63) is 29.3 Å². The van der Waals surface area contributed by atoms with E-state index < -0.39 is 0 Å². The fraction of sp³-hybridized carbons (Fsp3) is 0.562. The van der Waals surface area contributed by atoms with Gasteiger partial charge in [0.25, 0.3) is 5.91 Å². The lowest BCUT2D eigenvalue weighted by Crippen LogP contribution is -2.35. The zero-order valence-electron chi connectivity index (χ0n) is 11.9. The monoisotopic (exact) mass is 277 g/mol. The molecule has 20 heavy (non-hydrogen) atoms. The van der Waals surface area contributed by atoms with Gasteiger partial charge >= 0.3 is 0 Å². The molecule has 0 aromatic heterocycles. The highest BCUT2D eigenvalue weighted by atomic mass is 16.3. The molecular formula is C16H23NO3. The Balaban J connectivity index is 1.94. The number of nitrogens with one attached hydrogen (secondary N) is 1. The Morgan fingerprint density at radius 1 is 1.30 bits per heavy atom. The molecule has 4 heteroatoms. The third kappa shape index (κ3) is 3.51. The van der Waals surface area contributed by atoms with Crippen molar-refractivity contribution in [3.63, 3.8) is 0 Å². The maximum absolute atomic E-state index is 12.2. The average molecular weight is 277 g/mol. The van der Waals surface area contributed by atoms with Crippen LogP contribution in [-0.4, -0.2) is 29.3 Å². The van der Waals surface area contributed by atoms with Crippen molar-refractivity contribution >= 4 is 5.91 Å². The van der Waals surface area contributed by atoms with E-state index in [9.17, 15) is 15.0 Å². The Bertz CT molecular complexity index is 473. The van der Waals surface area contributed by atoms with Crippen molar-refractivity contribution in [3.8, 4) is 5.75 Å². The molecule has 1 amide bonds. The molecule has 2 atom stereocenters. The van der Waals surface area contributed by atoms with Crippen molar-refractivity contribution in [1.29, 1.82) is 0 Å². The van der Waals surface area contributed by atoms with Crippen LogP contribution in [0.5, 0.6) is 5.75 Å². The molecular weight excluding hydrogens is 254 g/mol. The molecule has 0 radical (unpaired) electrons. The molecule has 2 unspecified atom stereocenters. The van der Waals surface area contributed by atoms with Gasteiger partial charge in [-0.3, -0.25) is 4.79 Å². The van der Waals surface area contributed by atoms with Gasteiger partial charge in [0, 0.05) is 18.7 Å². The maximum atomic E-state index is 12.2. The molecule has 1 aromatic rings. The van der Waals surface area contributed by atoms with Crippen molar-refractivity contribution in [2.45, 2.75) is 32.6 Å². The number of aliphatic hydroxyl groups is 1. The minimum atomic E-state index is -0.107. The lowest BCUT2D eigenvalue weighted by Gasteiger charge is -2.30. The third-order valence-corrected chi connectivity index (χ3v) is 4.28. The van der Waals surface area contributed by atoms with Gasteiger partial charge in [-0.2, -0.15) is 0 Å². The van der Waals surface area contributed by atoms with E-state index in [1.54, 1.807) is 12.1 Å². The van der Waals surface area contributed by atoms with Crippen LogP contribution in [0.25, 0.3) is 0 Å². The largest absolute Gasteiger partial charge is 0.508 e. The van der Waals surface area contributed by atoms with E-state index in [2.05, 4.69) is 5.32 Å². The number of phenolic OH excluding ortho intramolecular Hbond substituents is 1. The van der Waals surface area contributed by atoms with Gasteiger partial charge in [0.1, 0.15) is 5.75 Å². The van der Waals surface area contributed by atoms with Crippen LogP contribution in [0.2, 0.25) is 0 Å². The summed E-state index contributed by atoms with van der Waals surface area (Å²) >= 11 is 0. The van der Waals surface area contributed by atoms with E-state index in [1.807, 2.05) is 6.92 Å². The van der Waals surface area contributed by atoms with Gasteiger partial charge in [0.15, 0.2) is 0 Å². The number of carbonyl (C=O) groups excluding carboxylic acids is 1. The number of carbonyl (C=O) groups is 1. The number of rotatable bonds is 4. The molecule has 1 aliphatic rings. The third-order valence-electron chi connectivity index (χ3n) is 4.28. The molecule has 0 bridgehead atoms. The molecule has 1 aliphatic carbocycles. The van der Waals surface area contributed by atoms with E-state index in [-0.39, 0.29) is 18.3 Å². The summed E-state index contributed by atoms with van der Waals surface area (Å²) in [6, 6.07) is 4.76. The van der Waals surface area contributed by atoms with E-state index >= 15 is 0 Å². The van der Waals surface area contributed by atoms with Gasteiger partial charge < -0.3 is 15.5 Å². The summed E-state index contributed by atoms with van der Waals surface area (Å²) in [4.78, 5) is 12.2. The first-order valence-electron chi connectivity index (χ1n) is 7.30. The van der Waals surface area contributed by atoms with Crippen molar-refractivity contribution in [1.82, 2.24) is 5.32 Å². The van der Waals surface area contributed by atoms with Gasteiger partial charge in [-0.1, -0.05) is 12.8 Å². The van der Waals surface area contributed by atoms with Gasteiger partial charge in [-0.15, -0.1) is 0 Å². The van der Waals surface area contributed by atoms with Crippen LogP contribution in [0.4, 0.5) is 0 Å². The summed E-state index contributed by atoms with van der Waals surface area (Å²) < 4.78 is 0. The summed E-state index contributed by atoms with van der Waals surface area (Å²) in [6.07, 6.45) is 4.47. The van der Waals surface area contributed by atoms with Crippen molar-refractivity contribution in [2.75, 3.05) is 13.2 Å². The van der Waals surface area contributed by atoms with Crippen LogP contribution in [0.1, 0.15) is 41.6 Å². The average Bonchev–Trinajstić information content (AvgIpc) is 2.45. The second-order valence-corrected chi connectivity index (χ2v) is 5.70. The molecule has 0 heterocycles. The van der Waals surface area contributed by atoms with E-state index in [0.717, 1.165) is 18.4 Å². The number of hydrogen-bond donors (Lipinski definition) is 3. The number of benzene rings is 1. The fourth-order valence-corrected chi connectivity index (χ4v) is 3.02. The minimum absolute atomic E-state index is 0.107. The van der Waals surface area contributed by atoms with E-state index in [0.29, 0.717) is 23.9 Å². The molecule has 3 N–H and O–H groups in total. The smallest absolute Gasteiger partial charge is 0.251 e. The molecule has 0 aliphatic heterocycles. The van der Waals surface area contributed by atoms with Crippen LogP contribution in [0, 0.1) is 18.8 Å². The van der Waals surface area contributed by atoms with Crippen molar-refractivity contribution in [2.24, 2.45) is 11.8 Å². The number of hydrogen-bond acceptors (Lipinski definition) is 3. The first-order chi connectivity index (χ1) is 9.61. The van der Waals surface area contributed by atoms with Crippen LogP contribution in [0.3, 0.4) is 0 Å². The molecule has 1 aromatic carbocycles. The Labute approximate surface area is 119 Å². The van der Waals surface area contributed by atoms with Crippen LogP contribution < -0.4 is 5.32 Å². The highest BCUT2D eigenvalue weighted by Gasteiger charge is 2.25. The summed E-state index contributed by atoms with van der Waals surface area (Å²) in [7, 11) is 0. The molecule has 2 rings (SSSR count). The van der Waals surface area contributed by atoms with E-state index in [4.69, 9.17) is 0 Å². The Morgan fingerprint density at radius 2 is 2.00 bits per heavy atom. The van der Waals surface area contributed by atoms with Crippen LogP contribution in [-0.2, 0) is 0 Å². The number of aryl methyl sites for hydroxylation is 1. The predicted octanol–water partition coefficient (Wildman–Crippen LogP) is 2.23. The normalized spacial score (nSPS) is 22.5. The number of amides is 1. The van der Waals surface area contributed by atoms with E-state index in [1.165, 1.54) is 18.9 Å². The van der Waals surface area contributed by atoms with Gasteiger partial charge in [-0.05, 0) is 55.4 Å². The lowest BCUT2D eigenvalue weighted by atomic mass is 9.79. The quantitative estimate of drug-likeness (QED) is 0.790. The number of phenols is 1. The van der Waals surface area contributed by atoms with Crippen LogP contribution >= 0.6 is 0 Å². The van der Waals surface area contributed by atoms with Gasteiger partial charge in [0.05, 0.1) is 0 Å². The molecule has 0 saturated heterocycles. The second kappa shape index (κ2) is 6.75. The Morgan fingerprint density at radius 3 is 2.65 bits per heavy atom. The SMILES string of the molecule is Cc1cc(O)ccc1C(=O)NCC1CCCCC1CO. The number of aliphatic hydroxyl groups excluding tert-OH is 1. The maximum Gasteiger partial charge on any atom is 0.251 e. The topological polar surface area (TPSA) is 69.6 Å². The summed E-state index contributed by atoms with van der Waals surface area (Å²) in [6.45, 7) is 2.63.